The van der Waals surface area contributed by atoms with E-state index in [-0.39, 0.29) is 38.6 Å². The average Bonchev–Trinajstić information content (AvgIpc) is 2.98. The molecule has 1 saturated heterocycles. The number of carbonyl (C=O) groups excluding carboxylic acids is 3. The summed E-state index contributed by atoms with van der Waals surface area (Å²) in [6.45, 7) is 0.0353. The topological polar surface area (TPSA) is 57.7 Å². The standard InChI is InChI=1S/C22H18Br2Cl2N2O3/c23-17-9-15-16(10-18(17)24)22(31)28(21(15)30)27(11-12-5-7-13(25)8-6-12)20(29)14-3-1-2-4-19(14)26/h1-8,15-18H,9-11H2/t15-,16+,17+,18-. The zero-order valence-corrected chi connectivity index (χ0v) is 20.9. The highest BCUT2D eigenvalue weighted by atomic mass is 79.9. The Hall–Kier alpha value is -1.41. The summed E-state index contributed by atoms with van der Waals surface area (Å²) < 4.78 is 0. The first-order valence-corrected chi connectivity index (χ1v) is 12.3. The number of amides is 3. The first-order valence-electron chi connectivity index (χ1n) is 9.74. The largest absolute Gasteiger partial charge is 0.274 e. The predicted octanol–water partition coefficient (Wildman–Crippen LogP) is 5.47. The quantitative estimate of drug-likeness (QED) is 0.351. The molecule has 1 aliphatic heterocycles. The lowest BCUT2D eigenvalue weighted by atomic mass is 9.81. The monoisotopic (exact) mass is 586 g/mol. The Bertz CT molecular complexity index is 1010. The minimum atomic E-state index is -0.508. The fourth-order valence-corrected chi connectivity index (χ4v) is 5.67. The molecule has 0 radical (unpaired) electrons. The van der Waals surface area contributed by atoms with Gasteiger partial charge in [-0.05, 0) is 42.7 Å². The lowest BCUT2D eigenvalue weighted by Gasteiger charge is -2.31. The van der Waals surface area contributed by atoms with E-state index in [1.807, 2.05) is 0 Å². The van der Waals surface area contributed by atoms with Crippen molar-refractivity contribution in [3.8, 4) is 0 Å². The molecule has 0 unspecified atom stereocenters. The number of imide groups is 1. The molecule has 0 bridgehead atoms. The van der Waals surface area contributed by atoms with Gasteiger partial charge in [-0.2, -0.15) is 5.01 Å². The van der Waals surface area contributed by atoms with Gasteiger partial charge in [-0.15, -0.1) is 0 Å². The maximum atomic E-state index is 13.5. The molecule has 162 valence electrons. The second-order valence-corrected chi connectivity index (χ2v) is 10.9. The van der Waals surface area contributed by atoms with Gasteiger partial charge in [0.25, 0.3) is 17.7 Å². The van der Waals surface area contributed by atoms with Gasteiger partial charge < -0.3 is 0 Å². The molecule has 1 heterocycles. The van der Waals surface area contributed by atoms with Crippen LogP contribution in [-0.2, 0) is 16.1 Å². The van der Waals surface area contributed by atoms with Crippen LogP contribution in [0.2, 0.25) is 10.0 Å². The number of benzene rings is 2. The molecule has 31 heavy (non-hydrogen) atoms. The lowest BCUT2D eigenvalue weighted by Crippen LogP contribution is -2.49. The molecule has 3 amide bonds. The molecule has 1 aliphatic carbocycles. The normalized spacial score (nSPS) is 25.5. The van der Waals surface area contributed by atoms with Crippen molar-refractivity contribution in [3.63, 3.8) is 0 Å². The zero-order valence-electron chi connectivity index (χ0n) is 16.2. The summed E-state index contributed by atoms with van der Waals surface area (Å²) in [4.78, 5) is 40.3. The summed E-state index contributed by atoms with van der Waals surface area (Å²) in [5.74, 6) is -2.14. The maximum Gasteiger partial charge on any atom is 0.274 e. The molecule has 0 N–H and O–H groups in total. The number of nitrogens with zero attached hydrogens (tertiary/aromatic N) is 2. The van der Waals surface area contributed by atoms with Crippen molar-refractivity contribution in [2.45, 2.75) is 29.0 Å². The molecule has 0 aromatic heterocycles. The van der Waals surface area contributed by atoms with E-state index in [9.17, 15) is 14.4 Å². The van der Waals surface area contributed by atoms with E-state index >= 15 is 0 Å². The molecular weight excluding hydrogens is 571 g/mol. The first-order chi connectivity index (χ1) is 14.8. The number of fused-ring (bicyclic) bond motifs is 1. The van der Waals surface area contributed by atoms with Gasteiger partial charge in [0.15, 0.2) is 0 Å². The summed E-state index contributed by atoms with van der Waals surface area (Å²) in [7, 11) is 0. The Morgan fingerprint density at radius 3 is 2.03 bits per heavy atom. The van der Waals surface area contributed by atoms with E-state index in [2.05, 4.69) is 31.9 Å². The fraction of sp³-hybridized carbons (Fsp3) is 0.318. The Labute approximate surface area is 206 Å². The van der Waals surface area contributed by atoms with Crippen LogP contribution in [0.4, 0.5) is 0 Å². The molecule has 0 spiro atoms. The van der Waals surface area contributed by atoms with E-state index in [1.165, 1.54) is 5.01 Å². The van der Waals surface area contributed by atoms with E-state index in [0.717, 1.165) is 10.6 Å². The van der Waals surface area contributed by atoms with Crippen LogP contribution < -0.4 is 0 Å². The molecule has 4 rings (SSSR count). The Morgan fingerprint density at radius 1 is 0.935 bits per heavy atom. The third-order valence-electron chi connectivity index (χ3n) is 5.71. The fourth-order valence-electron chi connectivity index (χ4n) is 4.09. The second kappa shape index (κ2) is 9.22. The molecule has 2 aliphatic rings. The molecule has 1 saturated carbocycles. The Morgan fingerprint density at radius 2 is 1.48 bits per heavy atom. The molecule has 5 nitrogen and oxygen atoms in total. The number of halogens is 4. The van der Waals surface area contributed by atoms with Gasteiger partial charge in [-0.25, -0.2) is 5.01 Å². The highest BCUT2D eigenvalue weighted by molar-refractivity contribution is 9.12. The molecular formula is C22H18Br2Cl2N2O3. The van der Waals surface area contributed by atoms with Gasteiger partial charge in [0.05, 0.1) is 29.0 Å². The summed E-state index contributed by atoms with van der Waals surface area (Å²) in [5.41, 5.74) is 0.961. The van der Waals surface area contributed by atoms with Crippen LogP contribution in [0, 0.1) is 11.8 Å². The van der Waals surface area contributed by atoms with E-state index in [4.69, 9.17) is 23.2 Å². The highest BCUT2D eigenvalue weighted by Crippen LogP contribution is 2.44. The minimum Gasteiger partial charge on any atom is -0.272 e. The highest BCUT2D eigenvalue weighted by Gasteiger charge is 2.54. The van der Waals surface area contributed by atoms with Gasteiger partial charge >= 0.3 is 0 Å². The molecule has 2 aromatic rings. The Kier molecular flexibility index (Phi) is 6.77. The van der Waals surface area contributed by atoms with Crippen LogP contribution in [0.15, 0.2) is 48.5 Å². The maximum absolute atomic E-state index is 13.5. The van der Waals surface area contributed by atoms with Gasteiger partial charge in [0.2, 0.25) is 0 Å². The third kappa shape index (κ3) is 4.42. The Balaban J connectivity index is 1.72. The minimum absolute atomic E-state index is 0.0353. The predicted molar refractivity (Wildman–Crippen MR) is 126 cm³/mol. The number of rotatable bonds is 4. The molecule has 2 fully saturated rings. The van der Waals surface area contributed by atoms with Gasteiger partial charge in [-0.1, -0.05) is 79.3 Å². The van der Waals surface area contributed by atoms with Gasteiger partial charge in [-0.3, -0.25) is 14.4 Å². The van der Waals surface area contributed by atoms with E-state index in [1.54, 1.807) is 48.5 Å². The van der Waals surface area contributed by atoms with Crippen LogP contribution >= 0.6 is 55.1 Å². The second-order valence-electron chi connectivity index (χ2n) is 7.67. The SMILES string of the molecule is O=C(c1ccccc1Cl)N(Cc1ccc(Cl)cc1)N1C(=O)[C@H]2C[C@@H](Br)[C@@H](Br)C[C@H]2C1=O. The van der Waals surface area contributed by atoms with Gasteiger partial charge in [0.1, 0.15) is 0 Å². The van der Waals surface area contributed by atoms with Gasteiger partial charge in [0, 0.05) is 14.7 Å². The molecule has 9 heteroatoms. The smallest absolute Gasteiger partial charge is 0.272 e. The number of hydrazine groups is 1. The average molecular weight is 589 g/mol. The van der Waals surface area contributed by atoms with Crippen molar-refractivity contribution < 1.29 is 14.4 Å². The van der Waals surface area contributed by atoms with E-state index < -0.39 is 17.7 Å². The van der Waals surface area contributed by atoms with Crippen LogP contribution in [0.3, 0.4) is 0 Å². The van der Waals surface area contributed by atoms with Crippen molar-refractivity contribution in [1.29, 1.82) is 0 Å². The van der Waals surface area contributed by atoms with Crippen molar-refractivity contribution in [2.75, 3.05) is 0 Å². The van der Waals surface area contributed by atoms with Crippen LogP contribution in [0.1, 0.15) is 28.8 Å². The third-order valence-corrected chi connectivity index (χ3v) is 9.03. The number of carbonyl (C=O) groups is 3. The first kappa shape index (κ1) is 22.8. The lowest BCUT2D eigenvalue weighted by molar-refractivity contribution is -0.155. The number of alkyl halides is 2. The summed E-state index contributed by atoms with van der Waals surface area (Å²) in [6, 6.07) is 13.5. The van der Waals surface area contributed by atoms with E-state index in [0.29, 0.717) is 17.9 Å². The summed E-state index contributed by atoms with van der Waals surface area (Å²) in [5, 5.41) is 3.05. The van der Waals surface area contributed by atoms with Crippen molar-refractivity contribution in [1.82, 2.24) is 10.0 Å². The number of hydrogen-bond donors (Lipinski definition) is 0. The van der Waals surface area contributed by atoms with Crippen LogP contribution in [0.25, 0.3) is 0 Å². The summed E-state index contributed by atoms with van der Waals surface area (Å²) >= 11 is 19.4. The summed E-state index contributed by atoms with van der Waals surface area (Å²) in [6.07, 6.45) is 1.05. The van der Waals surface area contributed by atoms with Crippen molar-refractivity contribution >= 4 is 72.8 Å². The van der Waals surface area contributed by atoms with Crippen LogP contribution in [0.5, 0.6) is 0 Å². The zero-order chi connectivity index (χ0) is 22.3. The van der Waals surface area contributed by atoms with Crippen LogP contribution in [-0.4, -0.2) is 37.4 Å². The van der Waals surface area contributed by atoms with Crippen molar-refractivity contribution in [3.05, 3.63) is 69.7 Å². The number of hydrogen-bond acceptors (Lipinski definition) is 3. The van der Waals surface area contributed by atoms with Crippen molar-refractivity contribution in [2.24, 2.45) is 11.8 Å². The molecule has 4 atom stereocenters. The molecule has 2 aromatic carbocycles.